The Hall–Kier alpha value is -2.45. The Morgan fingerprint density at radius 1 is 1.17 bits per heavy atom. The second-order valence-electron chi connectivity index (χ2n) is 5.07. The molecule has 0 bridgehead atoms. The van der Waals surface area contributed by atoms with Crippen LogP contribution in [0.1, 0.15) is 36.1 Å². The van der Waals surface area contributed by atoms with E-state index < -0.39 is 6.61 Å². The van der Waals surface area contributed by atoms with Crippen molar-refractivity contribution in [2.24, 2.45) is 0 Å². The van der Waals surface area contributed by atoms with Crippen molar-refractivity contribution in [3.8, 4) is 11.8 Å². The average molecular weight is 316 g/mol. The van der Waals surface area contributed by atoms with Gasteiger partial charge in [-0.15, -0.1) is 0 Å². The highest BCUT2D eigenvalue weighted by molar-refractivity contribution is 5.36. The van der Waals surface area contributed by atoms with Gasteiger partial charge in [0.05, 0.1) is 11.6 Å². The van der Waals surface area contributed by atoms with Crippen molar-refractivity contribution >= 4 is 0 Å². The number of hydrogen-bond donors (Lipinski definition) is 1. The summed E-state index contributed by atoms with van der Waals surface area (Å²) in [6, 6.07) is 16.1. The molecule has 0 saturated heterocycles. The summed E-state index contributed by atoms with van der Waals surface area (Å²) in [6.07, 6.45) is 0.724. The summed E-state index contributed by atoms with van der Waals surface area (Å²) in [4.78, 5) is 0. The molecule has 5 heteroatoms. The van der Waals surface area contributed by atoms with Crippen molar-refractivity contribution in [2.75, 3.05) is 0 Å². The van der Waals surface area contributed by atoms with E-state index in [1.807, 2.05) is 19.1 Å². The molecule has 1 atom stereocenters. The normalized spacial score (nSPS) is 12.0. The zero-order valence-corrected chi connectivity index (χ0v) is 12.8. The van der Waals surface area contributed by atoms with E-state index in [2.05, 4.69) is 16.1 Å². The summed E-state index contributed by atoms with van der Waals surface area (Å²) >= 11 is 0. The first-order valence-corrected chi connectivity index (χ1v) is 7.40. The monoisotopic (exact) mass is 316 g/mol. The lowest BCUT2D eigenvalue weighted by Crippen LogP contribution is -2.21. The van der Waals surface area contributed by atoms with E-state index >= 15 is 0 Å². The summed E-state index contributed by atoms with van der Waals surface area (Å²) in [5.41, 5.74) is 2.26. The van der Waals surface area contributed by atoms with Crippen LogP contribution in [0.3, 0.4) is 0 Å². The van der Waals surface area contributed by atoms with E-state index in [0.29, 0.717) is 17.7 Å². The molecule has 0 radical (unpaired) electrons. The van der Waals surface area contributed by atoms with E-state index in [9.17, 15) is 8.78 Å². The van der Waals surface area contributed by atoms with Crippen LogP contribution in [0.5, 0.6) is 5.75 Å². The lowest BCUT2D eigenvalue weighted by atomic mass is 10.0. The summed E-state index contributed by atoms with van der Waals surface area (Å²) in [5.74, 6) is 0.188. The molecule has 0 saturated carbocycles. The molecule has 0 aromatic heterocycles. The number of benzene rings is 2. The van der Waals surface area contributed by atoms with Gasteiger partial charge in [0.2, 0.25) is 0 Å². The van der Waals surface area contributed by atoms with Crippen molar-refractivity contribution in [3.05, 3.63) is 65.2 Å². The molecule has 0 amide bonds. The van der Waals surface area contributed by atoms with Crippen LogP contribution in [0.2, 0.25) is 0 Å². The zero-order valence-electron chi connectivity index (χ0n) is 12.8. The smallest absolute Gasteiger partial charge is 0.387 e. The molecular weight excluding hydrogens is 298 g/mol. The third-order valence-corrected chi connectivity index (χ3v) is 3.53. The number of halogens is 2. The molecule has 3 nitrogen and oxygen atoms in total. The number of nitrogens with zero attached hydrogens (tertiary/aromatic N) is 1. The Morgan fingerprint density at radius 2 is 1.96 bits per heavy atom. The molecule has 23 heavy (non-hydrogen) atoms. The fourth-order valence-electron chi connectivity index (χ4n) is 2.44. The van der Waals surface area contributed by atoms with E-state index in [1.54, 1.807) is 36.4 Å². The van der Waals surface area contributed by atoms with Gasteiger partial charge < -0.3 is 10.1 Å². The molecule has 120 valence electrons. The molecule has 0 heterocycles. The van der Waals surface area contributed by atoms with E-state index in [4.69, 9.17) is 5.26 Å². The Kier molecular flexibility index (Phi) is 6.07. The van der Waals surface area contributed by atoms with Crippen LogP contribution in [0, 0.1) is 11.3 Å². The summed E-state index contributed by atoms with van der Waals surface area (Å²) in [7, 11) is 0. The van der Waals surface area contributed by atoms with Crippen LogP contribution in [0.4, 0.5) is 8.78 Å². The van der Waals surface area contributed by atoms with Crippen molar-refractivity contribution in [2.45, 2.75) is 32.5 Å². The average Bonchev–Trinajstić information content (AvgIpc) is 2.56. The third-order valence-electron chi connectivity index (χ3n) is 3.53. The van der Waals surface area contributed by atoms with Crippen LogP contribution in [0.25, 0.3) is 0 Å². The Labute approximate surface area is 134 Å². The van der Waals surface area contributed by atoms with Gasteiger partial charge in [0.1, 0.15) is 5.75 Å². The van der Waals surface area contributed by atoms with Crippen LogP contribution in [-0.2, 0) is 6.54 Å². The minimum Gasteiger partial charge on any atom is -0.434 e. The first-order chi connectivity index (χ1) is 11.1. The molecule has 2 aromatic rings. The molecule has 1 unspecified atom stereocenters. The summed E-state index contributed by atoms with van der Waals surface area (Å²) < 4.78 is 29.7. The van der Waals surface area contributed by atoms with Gasteiger partial charge in [-0.25, -0.2) is 0 Å². The highest BCUT2D eigenvalue weighted by Crippen LogP contribution is 2.28. The molecule has 0 aliphatic carbocycles. The highest BCUT2D eigenvalue weighted by atomic mass is 19.3. The standard InChI is InChI=1S/C18H18F2N2O/c1-2-16(15-8-3-4-9-17(15)23-18(19)20)22-12-14-7-5-6-13(10-14)11-21/h3-10,16,18,22H,2,12H2,1H3. The van der Waals surface area contributed by atoms with Gasteiger partial charge >= 0.3 is 6.61 Å². The van der Waals surface area contributed by atoms with E-state index in [-0.39, 0.29) is 11.8 Å². The molecule has 0 aliphatic heterocycles. The number of rotatable bonds is 7. The number of alkyl halides is 2. The van der Waals surface area contributed by atoms with Gasteiger partial charge in [-0.05, 0) is 30.2 Å². The van der Waals surface area contributed by atoms with E-state index in [0.717, 1.165) is 12.0 Å². The maximum Gasteiger partial charge on any atom is 0.387 e. The van der Waals surface area contributed by atoms with E-state index in [1.165, 1.54) is 0 Å². The number of hydrogen-bond acceptors (Lipinski definition) is 3. The number of ether oxygens (including phenoxy) is 1. The summed E-state index contributed by atoms with van der Waals surface area (Å²) in [6.45, 7) is -0.333. The van der Waals surface area contributed by atoms with Crippen LogP contribution in [-0.4, -0.2) is 6.61 Å². The highest BCUT2D eigenvalue weighted by Gasteiger charge is 2.16. The zero-order chi connectivity index (χ0) is 16.7. The van der Waals surface area contributed by atoms with Gasteiger partial charge in [0, 0.05) is 18.2 Å². The second kappa shape index (κ2) is 8.25. The second-order valence-corrected chi connectivity index (χ2v) is 5.07. The van der Waals surface area contributed by atoms with Crippen LogP contribution in [0.15, 0.2) is 48.5 Å². The van der Waals surface area contributed by atoms with Crippen LogP contribution >= 0.6 is 0 Å². The topological polar surface area (TPSA) is 45.0 Å². The first kappa shape index (κ1) is 16.9. The number of para-hydroxylation sites is 1. The molecule has 1 N–H and O–H groups in total. The van der Waals surface area contributed by atoms with Crippen molar-refractivity contribution in [3.63, 3.8) is 0 Å². The molecular formula is C18H18F2N2O. The molecule has 0 fully saturated rings. The quantitative estimate of drug-likeness (QED) is 0.823. The van der Waals surface area contributed by atoms with Crippen molar-refractivity contribution in [1.29, 1.82) is 5.26 Å². The predicted octanol–water partition coefficient (Wildman–Crippen LogP) is 4.40. The lowest BCUT2D eigenvalue weighted by Gasteiger charge is -2.20. The minimum absolute atomic E-state index is 0.115. The van der Waals surface area contributed by atoms with Crippen molar-refractivity contribution < 1.29 is 13.5 Å². The third kappa shape index (κ3) is 4.76. The van der Waals surface area contributed by atoms with Gasteiger partial charge in [-0.2, -0.15) is 14.0 Å². The maximum absolute atomic E-state index is 12.5. The Balaban J connectivity index is 2.12. The molecule has 0 aliphatic rings. The summed E-state index contributed by atoms with van der Waals surface area (Å²) in [5, 5.41) is 12.3. The van der Waals surface area contributed by atoms with Gasteiger partial charge in [0.25, 0.3) is 0 Å². The predicted molar refractivity (Wildman–Crippen MR) is 84.1 cm³/mol. The van der Waals surface area contributed by atoms with Gasteiger partial charge in [-0.3, -0.25) is 0 Å². The fourth-order valence-corrected chi connectivity index (χ4v) is 2.44. The lowest BCUT2D eigenvalue weighted by molar-refractivity contribution is -0.0507. The molecule has 0 spiro atoms. The maximum atomic E-state index is 12.5. The number of nitrogens with one attached hydrogen (secondary N) is 1. The molecule has 2 aromatic carbocycles. The number of nitriles is 1. The minimum atomic E-state index is -2.85. The fraction of sp³-hybridized carbons (Fsp3) is 0.278. The Bertz CT molecular complexity index is 683. The SMILES string of the molecule is CCC(NCc1cccc(C#N)c1)c1ccccc1OC(F)F. The van der Waals surface area contributed by atoms with Crippen molar-refractivity contribution in [1.82, 2.24) is 5.32 Å². The first-order valence-electron chi connectivity index (χ1n) is 7.40. The van der Waals surface area contributed by atoms with Gasteiger partial charge in [0.15, 0.2) is 0 Å². The largest absolute Gasteiger partial charge is 0.434 e. The van der Waals surface area contributed by atoms with Crippen LogP contribution < -0.4 is 10.1 Å². The molecule has 2 rings (SSSR count). The Morgan fingerprint density at radius 3 is 2.65 bits per heavy atom. The van der Waals surface area contributed by atoms with Gasteiger partial charge in [-0.1, -0.05) is 37.3 Å².